The van der Waals surface area contributed by atoms with E-state index < -0.39 is 0 Å². The molecule has 1 fully saturated rings. The van der Waals surface area contributed by atoms with Gasteiger partial charge < -0.3 is 14.7 Å². The molecule has 168 valence electrons. The van der Waals surface area contributed by atoms with Gasteiger partial charge in [0.2, 0.25) is 0 Å². The summed E-state index contributed by atoms with van der Waals surface area (Å²) in [6, 6.07) is 17.8. The van der Waals surface area contributed by atoms with E-state index in [0.29, 0.717) is 29.8 Å². The summed E-state index contributed by atoms with van der Waals surface area (Å²) < 4.78 is 7.23. The lowest BCUT2D eigenvalue weighted by Gasteiger charge is -2.32. The summed E-state index contributed by atoms with van der Waals surface area (Å²) in [7, 11) is 0. The van der Waals surface area contributed by atoms with Gasteiger partial charge in [-0.2, -0.15) is 15.6 Å². The fraction of sp³-hybridized carbons (Fsp3) is 0.200. The third-order valence-corrected chi connectivity index (χ3v) is 6.78. The molecular weight excluding hydrogens is 448 g/mol. The maximum Gasteiger partial charge on any atom is 0.128 e. The van der Waals surface area contributed by atoms with Crippen molar-refractivity contribution in [2.24, 2.45) is 0 Å². The summed E-state index contributed by atoms with van der Waals surface area (Å²) in [5, 5.41) is 32.9. The molecule has 0 saturated carbocycles. The Hall–Kier alpha value is -3.89. The number of morpholine rings is 1. The number of nitriles is 2. The summed E-state index contributed by atoms with van der Waals surface area (Å²) in [6.45, 7) is 1.85. The van der Waals surface area contributed by atoms with Gasteiger partial charge in [0.05, 0.1) is 42.2 Å². The maximum atomic E-state index is 9.59. The lowest BCUT2D eigenvalue weighted by molar-refractivity contribution is 0.00336. The number of ether oxygens (including phenoxy) is 1. The fourth-order valence-electron chi connectivity index (χ4n) is 3.95. The Kier molecular flexibility index (Phi) is 6.15. The molecule has 9 heteroatoms. The zero-order valence-electron chi connectivity index (χ0n) is 18.1. The van der Waals surface area contributed by atoms with E-state index in [1.54, 1.807) is 16.8 Å². The van der Waals surface area contributed by atoms with Crippen LogP contribution in [-0.2, 0) is 4.74 Å². The van der Waals surface area contributed by atoms with Crippen molar-refractivity contribution in [1.29, 1.82) is 10.5 Å². The molecule has 1 saturated heterocycles. The molecule has 0 aliphatic carbocycles. The SMILES string of the molecule is N#Cc1ccccc1Sc1cc(-c2ccc(N3CCO[C@H](CO)C3)nc2)cn2ncc(C#N)c12. The predicted octanol–water partition coefficient (Wildman–Crippen LogP) is 3.49. The van der Waals surface area contributed by atoms with Crippen LogP contribution in [0.25, 0.3) is 16.6 Å². The van der Waals surface area contributed by atoms with Crippen molar-refractivity contribution in [3.05, 3.63) is 72.2 Å². The predicted molar refractivity (Wildman–Crippen MR) is 127 cm³/mol. The first-order chi connectivity index (χ1) is 16.7. The highest BCUT2D eigenvalue weighted by Gasteiger charge is 2.21. The Labute approximate surface area is 200 Å². The van der Waals surface area contributed by atoms with Crippen molar-refractivity contribution < 1.29 is 9.84 Å². The van der Waals surface area contributed by atoms with Crippen LogP contribution in [0.2, 0.25) is 0 Å². The topological polar surface area (TPSA) is 110 Å². The molecule has 0 unspecified atom stereocenters. The zero-order valence-corrected chi connectivity index (χ0v) is 18.9. The Balaban J connectivity index is 1.52. The third kappa shape index (κ3) is 4.20. The van der Waals surface area contributed by atoms with Gasteiger partial charge in [-0.1, -0.05) is 23.9 Å². The van der Waals surface area contributed by atoms with Crippen molar-refractivity contribution in [1.82, 2.24) is 14.6 Å². The van der Waals surface area contributed by atoms with Crippen LogP contribution < -0.4 is 4.90 Å². The summed E-state index contributed by atoms with van der Waals surface area (Å²) in [5.74, 6) is 0.829. The number of aromatic nitrogens is 3. The second kappa shape index (κ2) is 9.54. The minimum Gasteiger partial charge on any atom is -0.394 e. The van der Waals surface area contributed by atoms with Crippen LogP contribution in [0.4, 0.5) is 5.82 Å². The van der Waals surface area contributed by atoms with Crippen molar-refractivity contribution >= 4 is 23.1 Å². The van der Waals surface area contributed by atoms with Crippen LogP contribution in [0.15, 0.2) is 70.8 Å². The van der Waals surface area contributed by atoms with E-state index in [1.165, 1.54) is 11.8 Å². The number of nitrogens with zero attached hydrogens (tertiary/aromatic N) is 6. The van der Waals surface area contributed by atoms with E-state index in [1.807, 2.05) is 48.8 Å². The second-order valence-corrected chi connectivity index (χ2v) is 8.88. The number of aliphatic hydroxyl groups is 1. The molecule has 0 radical (unpaired) electrons. The summed E-state index contributed by atoms with van der Waals surface area (Å²) in [4.78, 5) is 8.39. The Bertz CT molecular complexity index is 1420. The van der Waals surface area contributed by atoms with Gasteiger partial charge >= 0.3 is 0 Å². The Morgan fingerprint density at radius 2 is 1.91 bits per heavy atom. The van der Waals surface area contributed by atoms with E-state index in [4.69, 9.17) is 4.74 Å². The van der Waals surface area contributed by atoms with Crippen molar-refractivity contribution in [3.63, 3.8) is 0 Å². The van der Waals surface area contributed by atoms with Crippen LogP contribution in [0.5, 0.6) is 0 Å². The molecule has 1 aromatic carbocycles. The summed E-state index contributed by atoms with van der Waals surface area (Å²) in [6.07, 6.45) is 5.04. The molecule has 4 aromatic rings. The van der Waals surface area contributed by atoms with E-state index in [2.05, 4.69) is 27.1 Å². The standard InChI is InChI=1S/C25H20N6O2S/c26-10-17-3-1-2-4-22(17)34-23-9-19(14-31-25(23)20(11-27)13-29-31)18-5-6-24(28-12-18)30-7-8-33-21(15-30)16-32/h1-6,9,12-14,21,32H,7-8,15-16H2/t21-/m0/s1. The van der Waals surface area contributed by atoms with Crippen molar-refractivity contribution in [3.8, 4) is 23.3 Å². The highest BCUT2D eigenvalue weighted by molar-refractivity contribution is 7.99. The average molecular weight is 469 g/mol. The van der Waals surface area contributed by atoms with Crippen LogP contribution in [0.3, 0.4) is 0 Å². The normalized spacial score (nSPS) is 15.7. The zero-order chi connectivity index (χ0) is 23.5. The highest BCUT2D eigenvalue weighted by Crippen LogP contribution is 2.37. The van der Waals surface area contributed by atoms with Crippen LogP contribution in [-0.4, -0.2) is 52.1 Å². The van der Waals surface area contributed by atoms with Gasteiger partial charge in [-0.25, -0.2) is 9.50 Å². The van der Waals surface area contributed by atoms with Crippen molar-refractivity contribution in [2.75, 3.05) is 31.2 Å². The highest BCUT2D eigenvalue weighted by atomic mass is 32.2. The largest absolute Gasteiger partial charge is 0.394 e. The number of aliphatic hydroxyl groups excluding tert-OH is 1. The van der Waals surface area contributed by atoms with Crippen molar-refractivity contribution in [2.45, 2.75) is 15.9 Å². The van der Waals surface area contributed by atoms with Crippen LogP contribution in [0.1, 0.15) is 11.1 Å². The van der Waals surface area contributed by atoms with Gasteiger partial charge in [0.1, 0.15) is 18.0 Å². The second-order valence-electron chi connectivity index (χ2n) is 7.79. The van der Waals surface area contributed by atoms with Gasteiger partial charge in [0.15, 0.2) is 0 Å². The molecule has 5 rings (SSSR count). The Morgan fingerprint density at radius 3 is 2.68 bits per heavy atom. The lowest BCUT2D eigenvalue weighted by Crippen LogP contribution is -2.44. The maximum absolute atomic E-state index is 9.59. The molecule has 1 N–H and O–H groups in total. The Morgan fingerprint density at radius 1 is 1.06 bits per heavy atom. The van der Waals surface area contributed by atoms with E-state index in [-0.39, 0.29) is 12.7 Å². The van der Waals surface area contributed by atoms with Crippen LogP contribution >= 0.6 is 11.8 Å². The number of anilines is 1. The molecule has 34 heavy (non-hydrogen) atoms. The van der Waals surface area contributed by atoms with Gasteiger partial charge in [0.25, 0.3) is 0 Å². The number of hydrogen-bond donors (Lipinski definition) is 1. The number of benzene rings is 1. The molecule has 0 spiro atoms. The number of hydrogen-bond acceptors (Lipinski definition) is 8. The molecule has 0 bridgehead atoms. The first-order valence-electron chi connectivity index (χ1n) is 10.7. The summed E-state index contributed by atoms with van der Waals surface area (Å²) in [5.41, 5.74) is 3.56. The fourth-order valence-corrected chi connectivity index (χ4v) is 5.04. The molecular formula is C25H20N6O2S. The minimum absolute atomic E-state index is 0.0154. The molecule has 1 aliphatic heterocycles. The van der Waals surface area contributed by atoms with Gasteiger partial charge in [-0.05, 0) is 30.3 Å². The van der Waals surface area contributed by atoms with Crippen LogP contribution in [0, 0.1) is 22.7 Å². The number of pyridine rings is 2. The lowest BCUT2D eigenvalue weighted by atomic mass is 10.1. The molecule has 1 atom stereocenters. The molecule has 0 amide bonds. The van der Waals surface area contributed by atoms with Gasteiger partial charge in [0, 0.05) is 46.4 Å². The number of fused-ring (bicyclic) bond motifs is 1. The monoisotopic (exact) mass is 468 g/mol. The van der Waals surface area contributed by atoms with E-state index in [0.717, 1.165) is 33.3 Å². The first-order valence-corrected chi connectivity index (χ1v) is 11.5. The minimum atomic E-state index is -0.206. The first kappa shape index (κ1) is 21.9. The smallest absolute Gasteiger partial charge is 0.128 e. The number of rotatable bonds is 5. The molecule has 3 aromatic heterocycles. The quantitative estimate of drug-likeness (QED) is 0.474. The van der Waals surface area contributed by atoms with Gasteiger partial charge in [-0.3, -0.25) is 0 Å². The molecule has 8 nitrogen and oxygen atoms in total. The summed E-state index contributed by atoms with van der Waals surface area (Å²) >= 11 is 1.44. The third-order valence-electron chi connectivity index (χ3n) is 5.67. The average Bonchev–Trinajstić information content (AvgIpc) is 3.32. The molecule has 4 heterocycles. The van der Waals surface area contributed by atoms with E-state index >= 15 is 0 Å². The van der Waals surface area contributed by atoms with Gasteiger partial charge in [-0.15, -0.1) is 0 Å². The van der Waals surface area contributed by atoms with E-state index in [9.17, 15) is 15.6 Å². The molecule has 1 aliphatic rings.